The van der Waals surface area contributed by atoms with Crippen molar-refractivity contribution < 1.29 is 13.9 Å². The summed E-state index contributed by atoms with van der Waals surface area (Å²) in [6.07, 6.45) is 0. The van der Waals surface area contributed by atoms with Crippen molar-refractivity contribution >= 4 is 15.9 Å². The summed E-state index contributed by atoms with van der Waals surface area (Å²) >= 11 is 3.53. The van der Waals surface area contributed by atoms with Gasteiger partial charge in [0.05, 0.1) is 18.5 Å². The molecule has 2 nitrogen and oxygen atoms in total. The molecule has 0 aliphatic heterocycles. The van der Waals surface area contributed by atoms with Crippen molar-refractivity contribution in [1.82, 2.24) is 0 Å². The van der Waals surface area contributed by atoms with Crippen LogP contribution in [0.25, 0.3) is 0 Å². The number of rotatable bonds is 5. The first-order chi connectivity index (χ1) is 9.65. The van der Waals surface area contributed by atoms with Gasteiger partial charge in [0.1, 0.15) is 17.3 Å². The van der Waals surface area contributed by atoms with Gasteiger partial charge in [0.25, 0.3) is 0 Å². The van der Waals surface area contributed by atoms with Crippen LogP contribution in [0.15, 0.2) is 42.5 Å². The quantitative estimate of drug-likeness (QED) is 0.734. The molecular weight excluding hydrogens is 323 g/mol. The molecule has 2 rings (SSSR count). The Hall–Kier alpha value is -1.55. The molecule has 1 atom stereocenters. The van der Waals surface area contributed by atoms with Crippen LogP contribution in [0.3, 0.4) is 0 Å². The minimum Gasteiger partial charge on any atom is -0.497 e. The Labute approximate surface area is 126 Å². The molecular formula is C16H16BrFO2. The molecule has 0 N–H and O–H groups in total. The van der Waals surface area contributed by atoms with E-state index < -0.39 is 0 Å². The van der Waals surface area contributed by atoms with Crippen LogP contribution >= 0.6 is 15.9 Å². The highest BCUT2D eigenvalue weighted by molar-refractivity contribution is 9.09. The van der Waals surface area contributed by atoms with E-state index in [4.69, 9.17) is 9.47 Å². The Kier molecular flexibility index (Phi) is 5.01. The summed E-state index contributed by atoms with van der Waals surface area (Å²) in [6, 6.07) is 12.5. The lowest BCUT2D eigenvalue weighted by atomic mass is 10.0. The zero-order valence-electron chi connectivity index (χ0n) is 11.4. The molecule has 106 valence electrons. The summed E-state index contributed by atoms with van der Waals surface area (Å²) in [7, 11) is 1.52. The van der Waals surface area contributed by atoms with Crippen LogP contribution in [0, 0.1) is 5.82 Å². The molecule has 0 heterocycles. The number of halogens is 2. The van der Waals surface area contributed by atoms with E-state index in [9.17, 15) is 4.39 Å². The van der Waals surface area contributed by atoms with Crippen molar-refractivity contribution in [2.75, 3.05) is 13.7 Å². The minimum absolute atomic E-state index is 0.205. The number of alkyl halides is 1. The van der Waals surface area contributed by atoms with Gasteiger partial charge in [-0.2, -0.15) is 0 Å². The fourth-order valence-corrected chi connectivity index (χ4v) is 2.60. The lowest BCUT2D eigenvalue weighted by Crippen LogP contribution is -1.98. The second-order valence-corrected chi connectivity index (χ2v) is 5.17. The summed E-state index contributed by atoms with van der Waals surface area (Å²) in [6.45, 7) is 2.57. The third kappa shape index (κ3) is 3.31. The van der Waals surface area contributed by atoms with E-state index in [-0.39, 0.29) is 10.6 Å². The van der Waals surface area contributed by atoms with Crippen LogP contribution in [0.1, 0.15) is 22.9 Å². The van der Waals surface area contributed by atoms with E-state index in [0.717, 1.165) is 11.3 Å². The third-order valence-electron chi connectivity index (χ3n) is 2.96. The summed E-state index contributed by atoms with van der Waals surface area (Å²) in [4.78, 5) is -0.205. The average Bonchev–Trinajstić information content (AvgIpc) is 2.47. The van der Waals surface area contributed by atoms with Gasteiger partial charge in [-0.25, -0.2) is 4.39 Å². The van der Waals surface area contributed by atoms with Gasteiger partial charge in [-0.1, -0.05) is 34.1 Å². The number of methoxy groups -OCH3 is 1. The first-order valence-electron chi connectivity index (χ1n) is 6.36. The van der Waals surface area contributed by atoms with Crippen LogP contribution in [-0.2, 0) is 0 Å². The van der Waals surface area contributed by atoms with Crippen LogP contribution in [0.2, 0.25) is 0 Å². The molecule has 0 aliphatic rings. The Balaban J connectivity index is 2.24. The highest BCUT2D eigenvalue weighted by Gasteiger charge is 2.15. The molecule has 0 saturated heterocycles. The molecule has 0 amide bonds. The molecule has 20 heavy (non-hydrogen) atoms. The number of ether oxygens (including phenoxy) is 2. The first-order valence-corrected chi connectivity index (χ1v) is 7.27. The smallest absolute Gasteiger partial charge is 0.131 e. The van der Waals surface area contributed by atoms with Gasteiger partial charge in [0.2, 0.25) is 0 Å². The van der Waals surface area contributed by atoms with Crippen molar-refractivity contribution in [1.29, 1.82) is 0 Å². The SMILES string of the molecule is CCOc1ccc(C(Br)c2ccc(OC)cc2F)cc1. The molecule has 0 aromatic heterocycles. The molecule has 0 saturated carbocycles. The normalized spacial score (nSPS) is 12.0. The molecule has 0 spiro atoms. The molecule has 2 aromatic carbocycles. The van der Waals surface area contributed by atoms with E-state index in [1.807, 2.05) is 31.2 Å². The van der Waals surface area contributed by atoms with Gasteiger partial charge in [0.15, 0.2) is 0 Å². The van der Waals surface area contributed by atoms with Crippen molar-refractivity contribution in [3.63, 3.8) is 0 Å². The minimum atomic E-state index is -0.292. The zero-order chi connectivity index (χ0) is 14.5. The molecule has 2 aromatic rings. The summed E-state index contributed by atoms with van der Waals surface area (Å²) in [5.41, 5.74) is 1.55. The third-order valence-corrected chi connectivity index (χ3v) is 3.99. The number of hydrogen-bond donors (Lipinski definition) is 0. The van der Waals surface area contributed by atoms with Gasteiger partial charge in [-0.3, -0.25) is 0 Å². The monoisotopic (exact) mass is 338 g/mol. The highest BCUT2D eigenvalue weighted by atomic mass is 79.9. The van der Waals surface area contributed by atoms with E-state index in [1.165, 1.54) is 13.2 Å². The van der Waals surface area contributed by atoms with Crippen LogP contribution < -0.4 is 9.47 Å². The standard InChI is InChI=1S/C16H16BrFO2/c1-3-20-12-6-4-11(5-7-12)16(17)14-9-8-13(19-2)10-15(14)18/h4-10,16H,3H2,1-2H3. The lowest BCUT2D eigenvalue weighted by Gasteiger charge is -2.13. The van der Waals surface area contributed by atoms with Crippen molar-refractivity contribution in [2.45, 2.75) is 11.8 Å². The molecule has 4 heteroatoms. The van der Waals surface area contributed by atoms with Crippen LogP contribution in [-0.4, -0.2) is 13.7 Å². The van der Waals surface area contributed by atoms with E-state index in [1.54, 1.807) is 12.1 Å². The predicted molar refractivity (Wildman–Crippen MR) is 81.3 cm³/mol. The van der Waals surface area contributed by atoms with Crippen molar-refractivity contribution in [2.24, 2.45) is 0 Å². The maximum atomic E-state index is 14.0. The topological polar surface area (TPSA) is 18.5 Å². The molecule has 0 radical (unpaired) electrons. The Morgan fingerprint density at radius 1 is 1.10 bits per heavy atom. The van der Waals surface area contributed by atoms with Gasteiger partial charge < -0.3 is 9.47 Å². The Morgan fingerprint density at radius 2 is 1.75 bits per heavy atom. The Morgan fingerprint density at radius 3 is 2.30 bits per heavy atom. The predicted octanol–water partition coefficient (Wildman–Crippen LogP) is 4.72. The van der Waals surface area contributed by atoms with Gasteiger partial charge in [0, 0.05) is 11.6 Å². The Bertz CT molecular complexity index is 569. The van der Waals surface area contributed by atoms with Gasteiger partial charge in [-0.15, -0.1) is 0 Å². The zero-order valence-corrected chi connectivity index (χ0v) is 13.0. The van der Waals surface area contributed by atoms with Gasteiger partial charge >= 0.3 is 0 Å². The number of benzene rings is 2. The summed E-state index contributed by atoms with van der Waals surface area (Å²) < 4.78 is 24.4. The second-order valence-electron chi connectivity index (χ2n) is 4.25. The largest absolute Gasteiger partial charge is 0.497 e. The summed E-state index contributed by atoms with van der Waals surface area (Å²) in [5.74, 6) is 1.03. The fraction of sp³-hybridized carbons (Fsp3) is 0.250. The first kappa shape index (κ1) is 14.9. The molecule has 1 unspecified atom stereocenters. The maximum Gasteiger partial charge on any atom is 0.131 e. The molecule has 0 fully saturated rings. The average molecular weight is 339 g/mol. The van der Waals surface area contributed by atoms with E-state index in [2.05, 4.69) is 15.9 Å². The summed E-state index contributed by atoms with van der Waals surface area (Å²) in [5, 5.41) is 0. The second kappa shape index (κ2) is 6.75. The van der Waals surface area contributed by atoms with Crippen molar-refractivity contribution in [3.05, 3.63) is 59.4 Å². The lowest BCUT2D eigenvalue weighted by molar-refractivity contribution is 0.340. The van der Waals surface area contributed by atoms with Crippen LogP contribution in [0.5, 0.6) is 11.5 Å². The fourth-order valence-electron chi connectivity index (χ4n) is 1.92. The van der Waals surface area contributed by atoms with E-state index >= 15 is 0 Å². The van der Waals surface area contributed by atoms with Crippen molar-refractivity contribution in [3.8, 4) is 11.5 Å². The van der Waals surface area contributed by atoms with Gasteiger partial charge in [-0.05, 0) is 30.7 Å². The molecule has 0 aliphatic carbocycles. The highest BCUT2D eigenvalue weighted by Crippen LogP contribution is 2.34. The number of hydrogen-bond acceptors (Lipinski definition) is 2. The maximum absolute atomic E-state index is 14.0. The molecule has 0 bridgehead atoms. The van der Waals surface area contributed by atoms with E-state index in [0.29, 0.717) is 17.9 Å². The van der Waals surface area contributed by atoms with Crippen LogP contribution in [0.4, 0.5) is 4.39 Å².